The molecule has 0 saturated carbocycles. The third-order valence-corrected chi connectivity index (χ3v) is 5.03. The fourth-order valence-corrected chi connectivity index (χ4v) is 3.61. The van der Waals surface area contributed by atoms with E-state index in [-0.39, 0.29) is 5.56 Å². The van der Waals surface area contributed by atoms with E-state index in [1.807, 2.05) is 12.1 Å². The van der Waals surface area contributed by atoms with E-state index in [0.717, 1.165) is 18.4 Å². The molecule has 1 aliphatic rings. The molecule has 1 aromatic heterocycles. The zero-order chi connectivity index (χ0) is 18.8. The molecule has 1 aliphatic carbocycles. The van der Waals surface area contributed by atoms with Crippen LogP contribution in [0.2, 0.25) is 0 Å². The van der Waals surface area contributed by atoms with Crippen molar-refractivity contribution in [1.29, 1.82) is 0 Å². The fourth-order valence-electron chi connectivity index (χ4n) is 3.61. The van der Waals surface area contributed by atoms with Crippen LogP contribution in [0.5, 0.6) is 0 Å². The average Bonchev–Trinajstić information content (AvgIpc) is 2.88. The van der Waals surface area contributed by atoms with Gasteiger partial charge in [-0.05, 0) is 42.7 Å². The monoisotopic (exact) mass is 356 g/mol. The highest BCUT2D eigenvalue weighted by atomic mass is 19.3. The molecule has 0 bridgehead atoms. The van der Waals surface area contributed by atoms with Gasteiger partial charge in [0.1, 0.15) is 5.69 Å². The van der Waals surface area contributed by atoms with Crippen LogP contribution in [0.1, 0.15) is 73.1 Å². The van der Waals surface area contributed by atoms with Crippen molar-refractivity contribution < 1.29 is 13.6 Å². The molecule has 26 heavy (non-hydrogen) atoms. The lowest BCUT2D eigenvalue weighted by atomic mass is 9.97. The third kappa shape index (κ3) is 3.14. The van der Waals surface area contributed by atoms with Gasteiger partial charge in [-0.1, -0.05) is 38.0 Å². The molecule has 1 unspecified atom stereocenters. The Bertz CT molecular complexity index is 874. The number of benzene rings is 1. The van der Waals surface area contributed by atoms with Gasteiger partial charge in [0.25, 0.3) is 12.3 Å². The van der Waals surface area contributed by atoms with E-state index in [1.54, 1.807) is 0 Å². The molecule has 0 saturated heterocycles. The number of nitrogens with zero attached hydrogens (tertiary/aromatic N) is 1. The predicted molar refractivity (Wildman–Crippen MR) is 99.5 cm³/mol. The van der Waals surface area contributed by atoms with Gasteiger partial charge in [0.2, 0.25) is 0 Å². The van der Waals surface area contributed by atoms with Gasteiger partial charge in [-0.2, -0.15) is 0 Å². The molecule has 1 aromatic carbocycles. The van der Waals surface area contributed by atoms with E-state index in [2.05, 4.69) is 37.1 Å². The van der Waals surface area contributed by atoms with Crippen molar-refractivity contribution in [3.8, 4) is 0 Å². The predicted octanol–water partition coefficient (Wildman–Crippen LogP) is 5.96. The standard InChI is InChI=1S/C21H22F2N2O/c1-4-7-14-12(2)13(3)15-8-5-10-17(18(14)15)25-21(26)16-9-6-11-24-19(16)20(22)23/h5-6,8-11,13,20H,4,7H2,1-3H3,(H,25,26). The summed E-state index contributed by atoms with van der Waals surface area (Å²) >= 11 is 0. The lowest BCUT2D eigenvalue weighted by Gasteiger charge is -2.15. The summed E-state index contributed by atoms with van der Waals surface area (Å²) < 4.78 is 26.3. The van der Waals surface area contributed by atoms with Gasteiger partial charge < -0.3 is 5.32 Å². The molecule has 0 radical (unpaired) electrons. The summed E-state index contributed by atoms with van der Waals surface area (Å²) in [5, 5.41) is 2.84. The van der Waals surface area contributed by atoms with Crippen molar-refractivity contribution in [2.24, 2.45) is 0 Å². The van der Waals surface area contributed by atoms with Crippen LogP contribution < -0.4 is 5.32 Å². The van der Waals surface area contributed by atoms with Crippen LogP contribution in [0, 0.1) is 0 Å². The molecule has 3 nitrogen and oxygen atoms in total. The van der Waals surface area contributed by atoms with Crippen molar-refractivity contribution in [3.05, 3.63) is 64.5 Å². The van der Waals surface area contributed by atoms with Gasteiger partial charge in [0, 0.05) is 23.4 Å². The number of hydrogen-bond donors (Lipinski definition) is 1. The summed E-state index contributed by atoms with van der Waals surface area (Å²) in [5.41, 5.74) is 4.84. The number of nitrogens with one attached hydrogen (secondary N) is 1. The van der Waals surface area contributed by atoms with Crippen molar-refractivity contribution in [2.45, 2.75) is 46.0 Å². The van der Waals surface area contributed by atoms with Crippen molar-refractivity contribution in [1.82, 2.24) is 4.98 Å². The summed E-state index contributed by atoms with van der Waals surface area (Å²) in [5.74, 6) is -0.270. The second kappa shape index (κ2) is 7.36. The van der Waals surface area contributed by atoms with E-state index in [1.165, 1.54) is 35.0 Å². The van der Waals surface area contributed by atoms with Crippen molar-refractivity contribution in [3.63, 3.8) is 0 Å². The van der Waals surface area contributed by atoms with Crippen LogP contribution in [-0.2, 0) is 0 Å². The quantitative estimate of drug-likeness (QED) is 0.718. The maximum Gasteiger partial charge on any atom is 0.281 e. The van der Waals surface area contributed by atoms with Gasteiger partial charge in [0.15, 0.2) is 0 Å². The van der Waals surface area contributed by atoms with E-state index in [4.69, 9.17) is 0 Å². The molecule has 1 atom stereocenters. The van der Waals surface area contributed by atoms with Gasteiger partial charge >= 0.3 is 0 Å². The van der Waals surface area contributed by atoms with Crippen LogP contribution >= 0.6 is 0 Å². The number of hydrogen-bond acceptors (Lipinski definition) is 2. The van der Waals surface area contributed by atoms with E-state index < -0.39 is 18.0 Å². The lowest BCUT2D eigenvalue weighted by Crippen LogP contribution is -2.16. The largest absolute Gasteiger partial charge is 0.321 e. The SMILES string of the molecule is CCCC1=C(C)C(C)c2cccc(NC(=O)c3cccnc3C(F)F)c21. The zero-order valence-electron chi connectivity index (χ0n) is 15.1. The highest BCUT2D eigenvalue weighted by Gasteiger charge is 2.28. The second-order valence-corrected chi connectivity index (χ2v) is 6.59. The zero-order valence-corrected chi connectivity index (χ0v) is 15.1. The number of alkyl halides is 2. The number of rotatable bonds is 5. The number of aromatic nitrogens is 1. The molecule has 1 N–H and O–H groups in total. The molecule has 0 aliphatic heterocycles. The number of halogens is 2. The smallest absolute Gasteiger partial charge is 0.281 e. The van der Waals surface area contributed by atoms with Crippen molar-refractivity contribution in [2.75, 3.05) is 5.32 Å². The van der Waals surface area contributed by atoms with Crippen LogP contribution in [0.25, 0.3) is 5.57 Å². The number of allylic oxidation sites excluding steroid dienone is 2. The van der Waals surface area contributed by atoms with Crippen LogP contribution in [0.3, 0.4) is 0 Å². The van der Waals surface area contributed by atoms with Crippen LogP contribution in [0.4, 0.5) is 14.5 Å². The van der Waals surface area contributed by atoms with Gasteiger partial charge in [-0.3, -0.25) is 9.78 Å². The normalized spacial score (nSPS) is 16.2. The number of amides is 1. The number of anilines is 1. The first-order valence-electron chi connectivity index (χ1n) is 8.83. The molecule has 5 heteroatoms. The van der Waals surface area contributed by atoms with Crippen LogP contribution in [0.15, 0.2) is 42.1 Å². The van der Waals surface area contributed by atoms with Crippen LogP contribution in [-0.4, -0.2) is 10.9 Å². The summed E-state index contributed by atoms with van der Waals surface area (Å²) in [6, 6.07) is 8.66. The molecule has 1 heterocycles. The van der Waals surface area contributed by atoms with Gasteiger partial charge in [-0.15, -0.1) is 0 Å². The Hall–Kier alpha value is -2.56. The first-order chi connectivity index (χ1) is 12.5. The molecule has 3 rings (SSSR count). The van der Waals surface area contributed by atoms with E-state index in [9.17, 15) is 13.6 Å². The van der Waals surface area contributed by atoms with E-state index in [0.29, 0.717) is 11.6 Å². The Morgan fingerprint density at radius 1 is 1.27 bits per heavy atom. The number of fused-ring (bicyclic) bond motifs is 1. The Morgan fingerprint density at radius 2 is 2.04 bits per heavy atom. The molecular weight excluding hydrogens is 334 g/mol. The third-order valence-electron chi connectivity index (χ3n) is 5.03. The molecule has 1 amide bonds. The van der Waals surface area contributed by atoms with Gasteiger partial charge in [0.05, 0.1) is 5.56 Å². The lowest BCUT2D eigenvalue weighted by molar-refractivity contribution is 0.100. The summed E-state index contributed by atoms with van der Waals surface area (Å²) in [4.78, 5) is 16.3. The van der Waals surface area contributed by atoms with Crippen molar-refractivity contribution >= 4 is 17.2 Å². The minimum atomic E-state index is -2.80. The summed E-state index contributed by atoms with van der Waals surface area (Å²) in [6.07, 6.45) is 0.395. The average molecular weight is 356 g/mol. The molecular formula is C21H22F2N2O. The summed E-state index contributed by atoms with van der Waals surface area (Å²) in [7, 11) is 0. The Balaban J connectivity index is 2.00. The number of pyridine rings is 1. The Labute approximate surface area is 152 Å². The molecule has 2 aromatic rings. The molecule has 136 valence electrons. The minimum absolute atomic E-state index is 0.0936. The minimum Gasteiger partial charge on any atom is -0.321 e. The maximum absolute atomic E-state index is 13.2. The van der Waals surface area contributed by atoms with E-state index >= 15 is 0 Å². The fraction of sp³-hybridized carbons (Fsp3) is 0.333. The Morgan fingerprint density at radius 3 is 2.73 bits per heavy atom. The highest BCUT2D eigenvalue weighted by molar-refractivity contribution is 6.07. The highest BCUT2D eigenvalue weighted by Crippen LogP contribution is 2.46. The molecule has 0 spiro atoms. The first kappa shape index (κ1) is 18.2. The number of carbonyl (C=O) groups excluding carboxylic acids is 1. The van der Waals surface area contributed by atoms with Gasteiger partial charge in [-0.25, -0.2) is 8.78 Å². The topological polar surface area (TPSA) is 42.0 Å². The Kier molecular flexibility index (Phi) is 5.16. The maximum atomic E-state index is 13.2. The first-order valence-corrected chi connectivity index (χ1v) is 8.83. The summed E-state index contributed by atoms with van der Waals surface area (Å²) in [6.45, 7) is 6.39. The number of carbonyl (C=O) groups is 1. The molecule has 0 fully saturated rings. The second-order valence-electron chi connectivity index (χ2n) is 6.59.